The average molecular weight is 331 g/mol. The highest BCUT2D eigenvalue weighted by atomic mass is 32.1. The molecule has 1 N–H and O–H groups in total. The summed E-state index contributed by atoms with van der Waals surface area (Å²) < 4.78 is 5.02. The number of carbonyl (C=O) groups excluding carboxylic acids is 1. The summed E-state index contributed by atoms with van der Waals surface area (Å²) in [6.45, 7) is 2.72. The number of benzene rings is 1. The van der Waals surface area contributed by atoms with Gasteiger partial charge < -0.3 is 10.1 Å². The van der Waals surface area contributed by atoms with Crippen LogP contribution in [-0.2, 0) is 27.9 Å². The Morgan fingerprint density at radius 1 is 1.35 bits per heavy atom. The first-order valence-corrected chi connectivity index (χ1v) is 8.73. The van der Waals surface area contributed by atoms with Crippen LogP contribution in [0.15, 0.2) is 24.3 Å². The number of methoxy groups -OCH3 is 1. The van der Waals surface area contributed by atoms with E-state index in [4.69, 9.17) is 4.74 Å². The zero-order valence-electron chi connectivity index (χ0n) is 13.5. The fourth-order valence-electron chi connectivity index (χ4n) is 2.94. The van der Waals surface area contributed by atoms with E-state index in [-0.39, 0.29) is 5.97 Å². The van der Waals surface area contributed by atoms with Crippen LogP contribution in [0.2, 0.25) is 0 Å². The molecule has 0 amide bonds. The standard InChI is InChI=1S/C17H21N3O2S/c1-3-14-19-20-15(23-14)11-18-13-7-4-6-12(10-13)17(8-5-9-17)16(21)22-2/h4,6-7,10,18H,3,5,8-9,11H2,1-2H3. The van der Waals surface area contributed by atoms with Crippen molar-refractivity contribution < 1.29 is 9.53 Å². The lowest BCUT2D eigenvalue weighted by atomic mass is 9.64. The molecule has 3 rings (SSSR count). The third kappa shape index (κ3) is 3.08. The Labute approximate surface area is 140 Å². The second-order valence-corrected chi connectivity index (χ2v) is 6.95. The molecule has 0 bridgehead atoms. The molecule has 122 valence electrons. The van der Waals surface area contributed by atoms with Gasteiger partial charge in [-0.2, -0.15) is 0 Å². The third-order valence-corrected chi connectivity index (χ3v) is 5.52. The first kappa shape index (κ1) is 15.9. The van der Waals surface area contributed by atoms with Crippen molar-refractivity contribution in [2.45, 2.75) is 44.6 Å². The van der Waals surface area contributed by atoms with Gasteiger partial charge in [-0.05, 0) is 37.0 Å². The Morgan fingerprint density at radius 2 is 2.13 bits per heavy atom. The maximum absolute atomic E-state index is 12.2. The number of hydrogen-bond acceptors (Lipinski definition) is 6. The van der Waals surface area contributed by atoms with Crippen molar-refractivity contribution >= 4 is 23.0 Å². The summed E-state index contributed by atoms with van der Waals surface area (Å²) in [4.78, 5) is 12.2. The smallest absolute Gasteiger partial charge is 0.316 e. The predicted octanol–water partition coefficient (Wildman–Crippen LogP) is 3.31. The summed E-state index contributed by atoms with van der Waals surface area (Å²) in [7, 11) is 1.46. The molecule has 0 spiro atoms. The molecule has 2 aromatic rings. The van der Waals surface area contributed by atoms with Gasteiger partial charge in [0.1, 0.15) is 10.0 Å². The largest absolute Gasteiger partial charge is 0.468 e. The maximum Gasteiger partial charge on any atom is 0.316 e. The SMILES string of the molecule is CCc1nnc(CNc2cccc(C3(C(=O)OC)CCC3)c2)s1. The number of aryl methyl sites for hydroxylation is 1. The topological polar surface area (TPSA) is 64.1 Å². The van der Waals surface area contributed by atoms with E-state index < -0.39 is 5.41 Å². The third-order valence-electron chi connectivity index (χ3n) is 4.45. The van der Waals surface area contributed by atoms with E-state index in [9.17, 15) is 4.79 Å². The number of carbonyl (C=O) groups is 1. The van der Waals surface area contributed by atoms with Gasteiger partial charge in [0.25, 0.3) is 0 Å². The highest BCUT2D eigenvalue weighted by molar-refractivity contribution is 7.11. The van der Waals surface area contributed by atoms with Gasteiger partial charge in [0.05, 0.1) is 19.1 Å². The van der Waals surface area contributed by atoms with Gasteiger partial charge in [-0.3, -0.25) is 4.79 Å². The van der Waals surface area contributed by atoms with Crippen molar-refractivity contribution in [3.8, 4) is 0 Å². The molecule has 0 unspecified atom stereocenters. The Bertz CT molecular complexity index is 695. The first-order chi connectivity index (χ1) is 11.2. The van der Waals surface area contributed by atoms with Crippen LogP contribution >= 0.6 is 11.3 Å². The Hall–Kier alpha value is -1.95. The van der Waals surface area contributed by atoms with Crippen LogP contribution in [0.4, 0.5) is 5.69 Å². The molecule has 1 heterocycles. The molecule has 0 atom stereocenters. The Balaban J connectivity index is 1.73. The molecule has 1 aromatic heterocycles. The van der Waals surface area contributed by atoms with E-state index in [2.05, 4.69) is 28.5 Å². The lowest BCUT2D eigenvalue weighted by Crippen LogP contribution is -2.43. The summed E-state index contributed by atoms with van der Waals surface area (Å²) in [6, 6.07) is 8.06. The van der Waals surface area contributed by atoms with E-state index in [1.54, 1.807) is 11.3 Å². The minimum Gasteiger partial charge on any atom is -0.468 e. The number of aromatic nitrogens is 2. The number of nitrogens with one attached hydrogen (secondary N) is 1. The zero-order chi connectivity index (χ0) is 16.3. The van der Waals surface area contributed by atoms with Crippen molar-refractivity contribution in [3.05, 3.63) is 39.8 Å². The molecule has 1 aromatic carbocycles. The van der Waals surface area contributed by atoms with E-state index in [1.807, 2.05) is 18.2 Å². The minimum atomic E-state index is -0.454. The lowest BCUT2D eigenvalue weighted by molar-refractivity contribution is -0.151. The van der Waals surface area contributed by atoms with E-state index in [1.165, 1.54) is 7.11 Å². The van der Waals surface area contributed by atoms with E-state index >= 15 is 0 Å². The Kier molecular flexibility index (Phi) is 4.61. The summed E-state index contributed by atoms with van der Waals surface area (Å²) in [5, 5.41) is 13.7. The molecule has 1 saturated carbocycles. The highest BCUT2D eigenvalue weighted by Crippen LogP contribution is 2.45. The van der Waals surface area contributed by atoms with Crippen LogP contribution in [0.5, 0.6) is 0 Å². The van der Waals surface area contributed by atoms with Crippen LogP contribution in [0.3, 0.4) is 0 Å². The van der Waals surface area contributed by atoms with Crippen LogP contribution in [0.25, 0.3) is 0 Å². The second-order valence-electron chi connectivity index (χ2n) is 5.80. The molecule has 0 saturated heterocycles. The summed E-state index contributed by atoms with van der Waals surface area (Å²) in [5.41, 5.74) is 1.57. The predicted molar refractivity (Wildman–Crippen MR) is 90.6 cm³/mol. The van der Waals surface area contributed by atoms with Gasteiger partial charge in [0.2, 0.25) is 0 Å². The van der Waals surface area contributed by atoms with Crippen LogP contribution in [-0.4, -0.2) is 23.3 Å². The van der Waals surface area contributed by atoms with Gasteiger partial charge in [0.15, 0.2) is 0 Å². The fourth-order valence-corrected chi connectivity index (χ4v) is 3.67. The molecule has 1 fully saturated rings. The second kappa shape index (κ2) is 6.66. The molecular weight excluding hydrogens is 310 g/mol. The highest BCUT2D eigenvalue weighted by Gasteiger charge is 2.46. The molecule has 5 nitrogen and oxygen atoms in total. The number of nitrogens with zero attached hydrogens (tertiary/aromatic N) is 2. The van der Waals surface area contributed by atoms with Crippen LogP contribution in [0.1, 0.15) is 41.8 Å². The lowest BCUT2D eigenvalue weighted by Gasteiger charge is -2.39. The summed E-state index contributed by atoms with van der Waals surface area (Å²) >= 11 is 1.63. The molecule has 6 heteroatoms. The fraction of sp³-hybridized carbons (Fsp3) is 0.471. The van der Waals surface area contributed by atoms with Crippen LogP contribution in [0, 0.1) is 0 Å². The van der Waals surface area contributed by atoms with Crippen molar-refractivity contribution in [1.82, 2.24) is 10.2 Å². The number of esters is 1. The van der Waals surface area contributed by atoms with Crippen LogP contribution < -0.4 is 5.32 Å². The van der Waals surface area contributed by atoms with Gasteiger partial charge in [0, 0.05) is 5.69 Å². The molecule has 23 heavy (non-hydrogen) atoms. The van der Waals surface area contributed by atoms with Crippen molar-refractivity contribution in [1.29, 1.82) is 0 Å². The van der Waals surface area contributed by atoms with Gasteiger partial charge >= 0.3 is 5.97 Å². The summed E-state index contributed by atoms with van der Waals surface area (Å²) in [6.07, 6.45) is 3.70. The van der Waals surface area contributed by atoms with Gasteiger partial charge in [-0.25, -0.2) is 0 Å². The van der Waals surface area contributed by atoms with E-state index in [0.29, 0.717) is 6.54 Å². The normalized spacial score (nSPS) is 15.7. The molecule has 0 aliphatic heterocycles. The van der Waals surface area contributed by atoms with Gasteiger partial charge in [-0.1, -0.05) is 36.8 Å². The minimum absolute atomic E-state index is 0.127. The maximum atomic E-state index is 12.2. The van der Waals surface area contributed by atoms with Crippen molar-refractivity contribution in [2.24, 2.45) is 0 Å². The monoisotopic (exact) mass is 331 g/mol. The van der Waals surface area contributed by atoms with Crippen molar-refractivity contribution in [3.63, 3.8) is 0 Å². The first-order valence-electron chi connectivity index (χ1n) is 7.92. The van der Waals surface area contributed by atoms with E-state index in [0.717, 1.165) is 46.9 Å². The number of ether oxygens (including phenoxy) is 1. The summed E-state index contributed by atoms with van der Waals surface area (Å²) in [5.74, 6) is -0.127. The molecule has 1 aliphatic rings. The average Bonchev–Trinajstić information content (AvgIpc) is 3.00. The number of anilines is 1. The molecule has 1 aliphatic carbocycles. The Morgan fingerprint density at radius 3 is 2.74 bits per heavy atom. The zero-order valence-corrected chi connectivity index (χ0v) is 14.3. The molecular formula is C17H21N3O2S. The number of rotatable bonds is 6. The van der Waals surface area contributed by atoms with Crippen molar-refractivity contribution in [2.75, 3.05) is 12.4 Å². The quantitative estimate of drug-likeness (QED) is 0.823. The molecule has 0 radical (unpaired) electrons. The number of hydrogen-bond donors (Lipinski definition) is 1. The van der Waals surface area contributed by atoms with Gasteiger partial charge in [-0.15, -0.1) is 10.2 Å².